The number of aryl methyl sites for hydroxylation is 2. The maximum atomic E-state index is 6.84. The molecule has 0 N–H and O–H groups in total. The van der Waals surface area contributed by atoms with Crippen molar-refractivity contribution in [1.82, 2.24) is 9.80 Å². The highest BCUT2D eigenvalue weighted by Gasteiger charge is 2.27. The highest BCUT2D eigenvalue weighted by molar-refractivity contribution is 5.25. The lowest BCUT2D eigenvalue weighted by atomic mass is 10.1. The van der Waals surface area contributed by atoms with E-state index in [0.29, 0.717) is 0 Å². The van der Waals surface area contributed by atoms with Crippen molar-refractivity contribution in [2.45, 2.75) is 54.0 Å². The maximum Gasteiger partial charge on any atom is 0.139 e. The fourth-order valence-corrected chi connectivity index (χ4v) is 3.45. The minimum atomic E-state index is -0.0625. The molecule has 0 heterocycles. The van der Waals surface area contributed by atoms with Crippen LogP contribution in [0.5, 0.6) is 0 Å². The van der Waals surface area contributed by atoms with Crippen molar-refractivity contribution in [2.75, 3.05) is 26.2 Å². The van der Waals surface area contributed by atoms with Gasteiger partial charge < -0.3 is 4.74 Å². The zero-order valence-corrected chi connectivity index (χ0v) is 17.9. The fourth-order valence-electron chi connectivity index (χ4n) is 3.45. The van der Waals surface area contributed by atoms with E-state index in [4.69, 9.17) is 4.74 Å². The molecule has 0 saturated carbocycles. The Balaban J connectivity index is 2.41. The molecule has 0 aliphatic heterocycles. The van der Waals surface area contributed by atoms with E-state index >= 15 is 0 Å². The first kappa shape index (κ1) is 21.6. The summed E-state index contributed by atoms with van der Waals surface area (Å²) in [6.07, 6.45) is -0.125. The van der Waals surface area contributed by atoms with Gasteiger partial charge in [0.25, 0.3) is 0 Å². The normalized spacial score (nSPS) is 13.9. The van der Waals surface area contributed by atoms with Gasteiger partial charge in [-0.1, -0.05) is 87.4 Å². The van der Waals surface area contributed by atoms with Crippen LogP contribution >= 0.6 is 0 Å². The van der Waals surface area contributed by atoms with Crippen LogP contribution in [-0.2, 0) is 4.74 Å². The van der Waals surface area contributed by atoms with E-state index in [9.17, 15) is 0 Å². The zero-order chi connectivity index (χ0) is 19.8. The standard InChI is InChI=1S/C24H36N2O/c1-7-25(8-2)23(21-15-11-19(5)12-16-21)27-24(26(9-3)10-4)22-17-13-20(6)14-18-22/h11-18,23-24H,7-10H2,1-6H3. The molecule has 0 saturated heterocycles. The van der Waals surface area contributed by atoms with E-state index < -0.39 is 0 Å². The van der Waals surface area contributed by atoms with Crippen LogP contribution in [0.15, 0.2) is 48.5 Å². The van der Waals surface area contributed by atoms with Crippen molar-refractivity contribution in [3.8, 4) is 0 Å². The number of hydrogen-bond acceptors (Lipinski definition) is 3. The van der Waals surface area contributed by atoms with Gasteiger partial charge in [0.2, 0.25) is 0 Å². The van der Waals surface area contributed by atoms with Crippen molar-refractivity contribution in [2.24, 2.45) is 0 Å². The highest BCUT2D eigenvalue weighted by atomic mass is 16.5. The Hall–Kier alpha value is -1.68. The summed E-state index contributed by atoms with van der Waals surface area (Å²) in [6.45, 7) is 16.9. The van der Waals surface area contributed by atoms with Gasteiger partial charge in [0.05, 0.1) is 0 Å². The molecular weight excluding hydrogens is 332 g/mol. The third-order valence-corrected chi connectivity index (χ3v) is 5.27. The third-order valence-electron chi connectivity index (χ3n) is 5.27. The van der Waals surface area contributed by atoms with Gasteiger partial charge in [-0.3, -0.25) is 9.80 Å². The number of hydrogen-bond donors (Lipinski definition) is 0. The molecule has 0 spiro atoms. The van der Waals surface area contributed by atoms with E-state index in [0.717, 1.165) is 26.2 Å². The average Bonchev–Trinajstić information content (AvgIpc) is 2.69. The van der Waals surface area contributed by atoms with Gasteiger partial charge in [-0.2, -0.15) is 0 Å². The second kappa shape index (κ2) is 10.6. The minimum Gasteiger partial charge on any atom is -0.336 e. The van der Waals surface area contributed by atoms with E-state index in [1.165, 1.54) is 22.3 Å². The zero-order valence-electron chi connectivity index (χ0n) is 17.9. The molecule has 0 amide bonds. The first-order chi connectivity index (χ1) is 13.0. The monoisotopic (exact) mass is 368 g/mol. The summed E-state index contributed by atoms with van der Waals surface area (Å²) < 4.78 is 6.84. The molecule has 148 valence electrons. The van der Waals surface area contributed by atoms with Gasteiger partial charge in [-0.05, 0) is 51.2 Å². The van der Waals surface area contributed by atoms with Crippen LogP contribution in [0.4, 0.5) is 0 Å². The number of nitrogens with zero attached hydrogens (tertiary/aromatic N) is 2. The summed E-state index contributed by atoms with van der Waals surface area (Å²) in [5.74, 6) is 0. The van der Waals surface area contributed by atoms with Crippen LogP contribution in [0.25, 0.3) is 0 Å². The van der Waals surface area contributed by atoms with Crippen molar-refractivity contribution >= 4 is 0 Å². The topological polar surface area (TPSA) is 15.7 Å². The molecule has 0 aromatic heterocycles. The average molecular weight is 369 g/mol. The van der Waals surface area contributed by atoms with Crippen LogP contribution in [0.2, 0.25) is 0 Å². The largest absolute Gasteiger partial charge is 0.336 e. The van der Waals surface area contributed by atoms with Gasteiger partial charge in [-0.15, -0.1) is 0 Å². The minimum absolute atomic E-state index is 0.0625. The lowest BCUT2D eigenvalue weighted by Crippen LogP contribution is -2.37. The van der Waals surface area contributed by atoms with Crippen molar-refractivity contribution in [3.63, 3.8) is 0 Å². The quantitative estimate of drug-likeness (QED) is 0.500. The van der Waals surface area contributed by atoms with Gasteiger partial charge >= 0.3 is 0 Å². The molecule has 3 heteroatoms. The smallest absolute Gasteiger partial charge is 0.139 e. The third kappa shape index (κ3) is 5.65. The molecule has 27 heavy (non-hydrogen) atoms. The summed E-state index contributed by atoms with van der Waals surface area (Å²) in [7, 11) is 0. The van der Waals surface area contributed by atoms with Crippen molar-refractivity contribution in [1.29, 1.82) is 0 Å². The Morgan fingerprint density at radius 3 is 1.15 bits per heavy atom. The van der Waals surface area contributed by atoms with Crippen LogP contribution in [-0.4, -0.2) is 36.0 Å². The molecule has 2 aromatic carbocycles. The fraction of sp³-hybridized carbons (Fsp3) is 0.500. The van der Waals surface area contributed by atoms with Gasteiger partial charge in [0.1, 0.15) is 12.5 Å². The van der Waals surface area contributed by atoms with Crippen LogP contribution < -0.4 is 0 Å². The molecule has 3 nitrogen and oxygen atoms in total. The molecule has 2 unspecified atom stereocenters. The van der Waals surface area contributed by atoms with Crippen molar-refractivity contribution in [3.05, 3.63) is 70.8 Å². The molecule has 0 aliphatic rings. The summed E-state index contributed by atoms with van der Waals surface area (Å²) >= 11 is 0. The number of benzene rings is 2. The lowest BCUT2D eigenvalue weighted by Gasteiger charge is -2.37. The van der Waals surface area contributed by atoms with Gasteiger partial charge in [0, 0.05) is 0 Å². The summed E-state index contributed by atoms with van der Waals surface area (Å²) in [6, 6.07) is 17.5. The van der Waals surface area contributed by atoms with Crippen LogP contribution in [0.3, 0.4) is 0 Å². The number of rotatable bonds is 10. The summed E-state index contributed by atoms with van der Waals surface area (Å²) in [4.78, 5) is 4.77. The first-order valence-corrected chi connectivity index (χ1v) is 10.3. The molecular formula is C24H36N2O. The van der Waals surface area contributed by atoms with Crippen molar-refractivity contribution < 1.29 is 4.74 Å². The maximum absolute atomic E-state index is 6.84. The molecule has 0 radical (unpaired) electrons. The first-order valence-electron chi connectivity index (χ1n) is 10.3. The predicted molar refractivity (Wildman–Crippen MR) is 115 cm³/mol. The Kier molecular flexibility index (Phi) is 8.49. The SMILES string of the molecule is CCN(CC)C(OC(c1ccc(C)cc1)N(CC)CC)c1ccc(C)cc1. The number of ether oxygens (including phenoxy) is 1. The van der Waals surface area contributed by atoms with Gasteiger partial charge in [0.15, 0.2) is 0 Å². The Morgan fingerprint density at radius 2 is 0.889 bits per heavy atom. The summed E-state index contributed by atoms with van der Waals surface area (Å²) in [5, 5.41) is 0. The molecule has 2 aromatic rings. The molecule has 0 bridgehead atoms. The Bertz CT molecular complexity index is 598. The highest BCUT2D eigenvalue weighted by Crippen LogP contribution is 2.32. The second-order valence-electron chi connectivity index (χ2n) is 7.10. The Labute approximate surface area is 166 Å². The molecule has 2 atom stereocenters. The van der Waals surface area contributed by atoms with Crippen LogP contribution in [0, 0.1) is 13.8 Å². The molecule has 0 aliphatic carbocycles. The molecule has 0 fully saturated rings. The summed E-state index contributed by atoms with van der Waals surface area (Å²) in [5.41, 5.74) is 4.98. The van der Waals surface area contributed by atoms with E-state index in [2.05, 4.69) is 99.9 Å². The Morgan fingerprint density at radius 1 is 0.593 bits per heavy atom. The van der Waals surface area contributed by atoms with Gasteiger partial charge in [-0.25, -0.2) is 0 Å². The van der Waals surface area contributed by atoms with E-state index in [1.807, 2.05) is 0 Å². The second-order valence-corrected chi connectivity index (χ2v) is 7.10. The van der Waals surface area contributed by atoms with Crippen LogP contribution in [0.1, 0.15) is 62.4 Å². The predicted octanol–water partition coefficient (Wildman–Crippen LogP) is 5.70. The van der Waals surface area contributed by atoms with E-state index in [-0.39, 0.29) is 12.5 Å². The van der Waals surface area contributed by atoms with E-state index in [1.54, 1.807) is 0 Å². The molecule has 2 rings (SSSR count). The lowest BCUT2D eigenvalue weighted by molar-refractivity contribution is -0.158.